The number of hydrogen-bond acceptors (Lipinski definition) is 4. The zero-order valence-corrected chi connectivity index (χ0v) is 14.7. The Morgan fingerprint density at radius 3 is 2.48 bits per heavy atom. The third-order valence-electron chi connectivity index (χ3n) is 5.00. The normalized spacial score (nSPS) is 18.3. The lowest BCUT2D eigenvalue weighted by atomic mass is 10.1. The molecule has 1 aliphatic carbocycles. The first-order valence-corrected chi connectivity index (χ1v) is 9.93. The number of amides is 1. The first kappa shape index (κ1) is 16.4. The molecule has 2 aliphatic rings. The standard InChI is InChI=1S/C18H20N2O4S/c21-18(16-6-11-24-13-16)19-7-9-20(10-8-19)25(22,23)17-5-4-14-2-1-3-15(14)12-17/h4-6,11-13H,1-3,7-10H2. The van der Waals surface area contributed by atoms with E-state index in [0.29, 0.717) is 36.6 Å². The topological polar surface area (TPSA) is 70.8 Å². The molecular formula is C18H20N2O4S. The molecule has 1 aliphatic heterocycles. The van der Waals surface area contributed by atoms with Gasteiger partial charge in [0.05, 0.1) is 16.7 Å². The molecule has 2 heterocycles. The van der Waals surface area contributed by atoms with Crippen molar-refractivity contribution >= 4 is 15.9 Å². The highest BCUT2D eigenvalue weighted by Gasteiger charge is 2.31. The molecular weight excluding hydrogens is 340 g/mol. The maximum atomic E-state index is 12.9. The number of nitrogens with zero attached hydrogens (tertiary/aromatic N) is 2. The second kappa shape index (κ2) is 6.31. The van der Waals surface area contributed by atoms with Gasteiger partial charge in [0.2, 0.25) is 10.0 Å². The highest BCUT2D eigenvalue weighted by molar-refractivity contribution is 7.89. The summed E-state index contributed by atoms with van der Waals surface area (Å²) in [6.07, 6.45) is 5.95. The van der Waals surface area contributed by atoms with Gasteiger partial charge in [-0.2, -0.15) is 4.31 Å². The van der Waals surface area contributed by atoms with E-state index in [1.807, 2.05) is 12.1 Å². The number of carbonyl (C=O) groups excluding carboxylic acids is 1. The molecule has 1 amide bonds. The Kier molecular flexibility index (Phi) is 4.13. The van der Waals surface area contributed by atoms with Crippen molar-refractivity contribution in [3.63, 3.8) is 0 Å². The summed E-state index contributed by atoms with van der Waals surface area (Å²) >= 11 is 0. The number of fused-ring (bicyclic) bond motifs is 1. The van der Waals surface area contributed by atoms with E-state index in [0.717, 1.165) is 24.8 Å². The molecule has 1 fully saturated rings. The monoisotopic (exact) mass is 360 g/mol. The first-order valence-electron chi connectivity index (χ1n) is 8.49. The zero-order valence-electron chi connectivity index (χ0n) is 13.8. The summed E-state index contributed by atoms with van der Waals surface area (Å²) in [6.45, 7) is 1.38. The van der Waals surface area contributed by atoms with E-state index in [1.165, 1.54) is 22.4 Å². The summed E-state index contributed by atoms with van der Waals surface area (Å²) in [4.78, 5) is 14.3. The number of carbonyl (C=O) groups is 1. The highest BCUT2D eigenvalue weighted by atomic mass is 32.2. The molecule has 1 saturated heterocycles. The van der Waals surface area contributed by atoms with Crippen LogP contribution in [0.3, 0.4) is 0 Å². The van der Waals surface area contributed by atoms with Gasteiger partial charge in [0.15, 0.2) is 0 Å². The summed E-state index contributed by atoms with van der Waals surface area (Å²) < 4.78 is 32.2. The molecule has 0 unspecified atom stereocenters. The number of hydrogen-bond donors (Lipinski definition) is 0. The number of furan rings is 1. The Morgan fingerprint density at radius 2 is 1.76 bits per heavy atom. The zero-order chi connectivity index (χ0) is 17.4. The minimum Gasteiger partial charge on any atom is -0.472 e. The highest BCUT2D eigenvalue weighted by Crippen LogP contribution is 2.26. The van der Waals surface area contributed by atoms with Crippen LogP contribution >= 0.6 is 0 Å². The largest absolute Gasteiger partial charge is 0.472 e. The second-order valence-corrected chi connectivity index (χ2v) is 8.43. The van der Waals surface area contributed by atoms with Crippen molar-refractivity contribution < 1.29 is 17.6 Å². The van der Waals surface area contributed by atoms with Crippen molar-refractivity contribution in [2.45, 2.75) is 24.2 Å². The average molecular weight is 360 g/mol. The molecule has 0 spiro atoms. The molecule has 0 saturated carbocycles. The Bertz CT molecular complexity index is 882. The minimum atomic E-state index is -3.51. The number of sulfonamides is 1. The van der Waals surface area contributed by atoms with E-state index >= 15 is 0 Å². The van der Waals surface area contributed by atoms with Gasteiger partial charge in [-0.3, -0.25) is 4.79 Å². The molecule has 2 aromatic rings. The van der Waals surface area contributed by atoms with E-state index in [-0.39, 0.29) is 5.91 Å². The van der Waals surface area contributed by atoms with E-state index < -0.39 is 10.0 Å². The summed E-state index contributed by atoms with van der Waals surface area (Å²) in [5.41, 5.74) is 2.90. The van der Waals surface area contributed by atoms with Gasteiger partial charge in [-0.05, 0) is 48.6 Å². The van der Waals surface area contributed by atoms with Crippen molar-refractivity contribution in [1.82, 2.24) is 9.21 Å². The third-order valence-corrected chi connectivity index (χ3v) is 6.90. The van der Waals surface area contributed by atoms with Gasteiger partial charge in [0.1, 0.15) is 6.26 Å². The molecule has 0 bridgehead atoms. The van der Waals surface area contributed by atoms with Crippen molar-refractivity contribution in [2.75, 3.05) is 26.2 Å². The molecule has 25 heavy (non-hydrogen) atoms. The Hall–Kier alpha value is -2.12. The van der Waals surface area contributed by atoms with E-state index in [4.69, 9.17) is 4.42 Å². The Morgan fingerprint density at radius 1 is 1.00 bits per heavy atom. The van der Waals surface area contributed by atoms with Crippen LogP contribution in [0.25, 0.3) is 0 Å². The summed E-state index contributed by atoms with van der Waals surface area (Å²) in [5, 5.41) is 0. The fourth-order valence-electron chi connectivity index (χ4n) is 3.56. The van der Waals surface area contributed by atoms with Crippen molar-refractivity contribution in [3.8, 4) is 0 Å². The number of rotatable bonds is 3. The molecule has 0 N–H and O–H groups in total. The Balaban J connectivity index is 1.47. The van der Waals surface area contributed by atoms with E-state index in [9.17, 15) is 13.2 Å². The van der Waals surface area contributed by atoms with Gasteiger partial charge < -0.3 is 9.32 Å². The second-order valence-electron chi connectivity index (χ2n) is 6.49. The average Bonchev–Trinajstić information content (AvgIpc) is 3.32. The van der Waals surface area contributed by atoms with Crippen LogP contribution in [0.4, 0.5) is 0 Å². The van der Waals surface area contributed by atoms with Crippen molar-refractivity contribution in [2.24, 2.45) is 0 Å². The molecule has 7 heteroatoms. The third kappa shape index (κ3) is 2.98. The molecule has 6 nitrogen and oxygen atoms in total. The van der Waals surface area contributed by atoms with E-state index in [2.05, 4.69) is 0 Å². The van der Waals surface area contributed by atoms with Gasteiger partial charge >= 0.3 is 0 Å². The van der Waals surface area contributed by atoms with Crippen LogP contribution in [0.1, 0.15) is 27.9 Å². The fourth-order valence-corrected chi connectivity index (χ4v) is 5.03. The quantitative estimate of drug-likeness (QED) is 0.838. The van der Waals surface area contributed by atoms with Gasteiger partial charge in [-0.25, -0.2) is 8.42 Å². The van der Waals surface area contributed by atoms with Gasteiger partial charge in [0.25, 0.3) is 5.91 Å². The lowest BCUT2D eigenvalue weighted by Gasteiger charge is -2.33. The molecule has 132 valence electrons. The summed E-state index contributed by atoms with van der Waals surface area (Å²) in [5.74, 6) is -0.122. The van der Waals surface area contributed by atoms with Crippen LogP contribution in [0.5, 0.6) is 0 Å². The van der Waals surface area contributed by atoms with Gasteiger partial charge in [0, 0.05) is 26.2 Å². The Labute approximate surface area is 147 Å². The number of benzene rings is 1. The molecule has 1 aromatic heterocycles. The van der Waals surface area contributed by atoms with Crippen LogP contribution in [0.2, 0.25) is 0 Å². The van der Waals surface area contributed by atoms with Crippen LogP contribution in [0, 0.1) is 0 Å². The molecule has 4 rings (SSSR count). The number of aryl methyl sites for hydroxylation is 2. The summed E-state index contributed by atoms with van der Waals surface area (Å²) in [6, 6.07) is 7.09. The molecule has 0 atom stereocenters. The van der Waals surface area contributed by atoms with Crippen LogP contribution in [-0.4, -0.2) is 49.7 Å². The number of piperazine rings is 1. The first-order chi connectivity index (χ1) is 12.1. The predicted molar refractivity (Wildman–Crippen MR) is 91.8 cm³/mol. The van der Waals surface area contributed by atoms with Crippen LogP contribution in [0.15, 0.2) is 46.1 Å². The molecule has 1 aromatic carbocycles. The van der Waals surface area contributed by atoms with Crippen molar-refractivity contribution in [3.05, 3.63) is 53.5 Å². The SMILES string of the molecule is O=C(c1ccoc1)N1CCN(S(=O)(=O)c2ccc3c(c2)CCC3)CC1. The lowest BCUT2D eigenvalue weighted by molar-refractivity contribution is 0.0697. The maximum absolute atomic E-state index is 12.9. The smallest absolute Gasteiger partial charge is 0.257 e. The molecule has 0 radical (unpaired) electrons. The van der Waals surface area contributed by atoms with Crippen LogP contribution in [-0.2, 0) is 22.9 Å². The maximum Gasteiger partial charge on any atom is 0.257 e. The summed E-state index contributed by atoms with van der Waals surface area (Å²) in [7, 11) is -3.51. The van der Waals surface area contributed by atoms with Gasteiger partial charge in [-0.15, -0.1) is 0 Å². The fraction of sp³-hybridized carbons (Fsp3) is 0.389. The van der Waals surface area contributed by atoms with Crippen molar-refractivity contribution in [1.29, 1.82) is 0 Å². The van der Waals surface area contributed by atoms with Gasteiger partial charge in [-0.1, -0.05) is 6.07 Å². The lowest BCUT2D eigenvalue weighted by Crippen LogP contribution is -2.50. The predicted octanol–water partition coefficient (Wildman–Crippen LogP) is 1.92. The minimum absolute atomic E-state index is 0.122. The van der Waals surface area contributed by atoms with E-state index in [1.54, 1.807) is 17.0 Å². The van der Waals surface area contributed by atoms with Crippen LogP contribution < -0.4 is 0 Å².